The molecule has 2 rings (SSSR count). The number of H-pyrrole nitrogens is 1. The van der Waals surface area contributed by atoms with Crippen molar-refractivity contribution in [2.24, 2.45) is 45.1 Å². The minimum Gasteiger partial charge on any atom is -0.478 e. The van der Waals surface area contributed by atoms with Crippen LogP contribution in [0.15, 0.2) is 29.2 Å². The fourth-order valence-corrected chi connectivity index (χ4v) is 7.73. The Morgan fingerprint density at radius 3 is 2.09 bits per heavy atom. The number of carbonyl (C=O) groups is 9. The number of aliphatic hydroxyl groups excluding tert-OH is 2. The average molecular weight is 1050 g/mol. The van der Waals surface area contributed by atoms with Crippen molar-refractivity contribution in [1.29, 1.82) is 0 Å². The van der Waals surface area contributed by atoms with Crippen molar-refractivity contribution in [2.75, 3.05) is 45.8 Å². The summed E-state index contributed by atoms with van der Waals surface area (Å²) in [5.74, 6) is -7.74. The zero-order chi connectivity index (χ0) is 55.3. The first kappa shape index (κ1) is 63.5. The number of nitrogens with one attached hydrogen (secondary N) is 7. The van der Waals surface area contributed by atoms with Gasteiger partial charge in [-0.1, -0.05) is 12.5 Å². The summed E-state index contributed by atoms with van der Waals surface area (Å²) >= 11 is 0. The lowest BCUT2D eigenvalue weighted by Crippen LogP contribution is -2.60. The van der Waals surface area contributed by atoms with Gasteiger partial charge < -0.3 is 97.2 Å². The number of β-amino-alcohol motifs (C(OH)–C–C–N with tert-alkyl or cyclic N) is 1. The number of aliphatic imine (C=N–C) groups is 1. The number of rotatable bonds is 36. The SMILES string of the molecule is C[C@H](NC(=O)[C@@H](NC(=O)[C@@H](N)CCCCN)[C@@H](O)CN)C(=O)NCC(=O)N[C@H](CCCN)C(=O)N1C[C@H](O)C[C@H]1C(=O)N[C@@H](Cc1cnc[nH]1)C(=O)N[C@@H](CCCCN)C(=O)CC/C(=C\CCN=C(N)N)C(=O)O. The van der Waals surface area contributed by atoms with E-state index in [4.69, 9.17) is 40.1 Å². The van der Waals surface area contributed by atoms with Crippen LogP contribution in [0.2, 0.25) is 0 Å². The van der Waals surface area contributed by atoms with Gasteiger partial charge in [0.2, 0.25) is 41.4 Å². The van der Waals surface area contributed by atoms with Gasteiger partial charge in [0.25, 0.3) is 0 Å². The maximum Gasteiger partial charge on any atom is 0.331 e. The van der Waals surface area contributed by atoms with Crippen LogP contribution in [0, 0.1) is 0 Å². The van der Waals surface area contributed by atoms with E-state index >= 15 is 0 Å². The van der Waals surface area contributed by atoms with E-state index in [1.807, 2.05) is 0 Å². The zero-order valence-corrected chi connectivity index (χ0v) is 42.0. The molecule has 0 unspecified atom stereocenters. The molecule has 29 heteroatoms. The lowest BCUT2D eigenvalue weighted by molar-refractivity contribution is -0.142. The molecule has 0 aromatic carbocycles. The Hall–Kier alpha value is -6.63. The molecule has 29 nitrogen and oxygen atoms in total. The summed E-state index contributed by atoms with van der Waals surface area (Å²) in [6.07, 6.45) is 3.45. The van der Waals surface area contributed by atoms with Crippen LogP contribution in [0.5, 0.6) is 0 Å². The second kappa shape index (κ2) is 34.0. The topological polar surface area (TPSA) is 513 Å². The predicted octanol–water partition coefficient (Wildman–Crippen LogP) is -6.86. The average Bonchev–Trinajstić information content (AvgIpc) is 4.03. The molecule has 0 saturated carbocycles. The van der Waals surface area contributed by atoms with E-state index in [1.54, 1.807) is 0 Å². The molecule has 74 heavy (non-hydrogen) atoms. The summed E-state index contributed by atoms with van der Waals surface area (Å²) in [4.78, 5) is 132. The molecule has 0 bridgehead atoms. The van der Waals surface area contributed by atoms with Crippen molar-refractivity contribution in [2.45, 2.75) is 145 Å². The zero-order valence-electron chi connectivity index (χ0n) is 42.0. The van der Waals surface area contributed by atoms with Gasteiger partial charge in [-0.3, -0.25) is 43.3 Å². The highest BCUT2D eigenvalue weighted by Gasteiger charge is 2.43. The van der Waals surface area contributed by atoms with Gasteiger partial charge >= 0.3 is 5.97 Å². The first-order valence-corrected chi connectivity index (χ1v) is 24.7. The number of likely N-dealkylation sites (tertiary alicyclic amines) is 1. The Balaban J connectivity index is 2.22. The van der Waals surface area contributed by atoms with Crippen molar-refractivity contribution in [3.8, 4) is 0 Å². The second-order valence-electron chi connectivity index (χ2n) is 17.9. The Morgan fingerprint density at radius 1 is 0.824 bits per heavy atom. The molecule has 24 N–H and O–H groups in total. The van der Waals surface area contributed by atoms with Crippen molar-refractivity contribution in [3.63, 3.8) is 0 Å². The quantitative estimate of drug-likeness (QED) is 0.0129. The Bertz CT molecular complexity index is 2050. The largest absolute Gasteiger partial charge is 0.478 e. The summed E-state index contributed by atoms with van der Waals surface area (Å²) in [5, 5.41) is 45.9. The molecular weight excluding hydrogens is 971 g/mol. The van der Waals surface area contributed by atoms with Gasteiger partial charge in [0.1, 0.15) is 30.2 Å². The molecule has 7 amide bonds. The van der Waals surface area contributed by atoms with Gasteiger partial charge in [0.15, 0.2) is 11.7 Å². The number of guanidine groups is 1. The van der Waals surface area contributed by atoms with Crippen LogP contribution >= 0.6 is 0 Å². The van der Waals surface area contributed by atoms with Gasteiger partial charge in [-0.05, 0) is 84.3 Å². The molecule has 1 aliphatic heterocycles. The van der Waals surface area contributed by atoms with Crippen LogP contribution in [0.4, 0.5) is 0 Å². The highest BCUT2D eigenvalue weighted by Crippen LogP contribution is 2.21. The predicted molar refractivity (Wildman–Crippen MR) is 269 cm³/mol. The van der Waals surface area contributed by atoms with Gasteiger partial charge in [0.05, 0.1) is 37.2 Å². The number of amides is 7. The summed E-state index contributed by atoms with van der Waals surface area (Å²) < 4.78 is 0. The summed E-state index contributed by atoms with van der Waals surface area (Å²) in [6.45, 7) is 0.732. The third-order valence-corrected chi connectivity index (χ3v) is 11.9. The van der Waals surface area contributed by atoms with Crippen LogP contribution in [-0.2, 0) is 49.6 Å². The van der Waals surface area contributed by atoms with Crippen LogP contribution < -0.4 is 72.0 Å². The fourth-order valence-electron chi connectivity index (χ4n) is 7.73. The first-order chi connectivity index (χ1) is 35.2. The van der Waals surface area contributed by atoms with Crippen LogP contribution in [0.3, 0.4) is 0 Å². The third-order valence-electron chi connectivity index (χ3n) is 11.9. The maximum absolute atomic E-state index is 14.2. The molecule has 0 radical (unpaired) electrons. The molecule has 1 aromatic heterocycles. The van der Waals surface area contributed by atoms with Crippen molar-refractivity contribution < 1.29 is 58.5 Å². The third kappa shape index (κ3) is 22.6. The highest BCUT2D eigenvalue weighted by molar-refractivity contribution is 5.98. The number of carboxylic acids is 1. The van der Waals surface area contributed by atoms with E-state index in [1.165, 1.54) is 25.5 Å². The fraction of sp³-hybridized carbons (Fsp3) is 0.667. The van der Waals surface area contributed by atoms with Gasteiger partial charge in [-0.2, -0.15) is 0 Å². The number of carbonyl (C=O) groups excluding carboxylic acids is 8. The minimum absolute atomic E-state index is 0.0260. The number of aliphatic carboxylic acids is 1. The number of aromatic nitrogens is 2. The van der Waals surface area contributed by atoms with Crippen LogP contribution in [-0.4, -0.2) is 190 Å². The number of aromatic amines is 1. The Kier molecular flexibility index (Phi) is 29.1. The number of hydrogen-bond acceptors (Lipinski definition) is 18. The second-order valence-corrected chi connectivity index (χ2v) is 17.9. The lowest BCUT2D eigenvalue weighted by atomic mass is 9.98. The van der Waals surface area contributed by atoms with Gasteiger partial charge in [0, 0.05) is 56.4 Å². The van der Waals surface area contributed by atoms with E-state index in [-0.39, 0.29) is 89.0 Å². The molecule has 0 spiro atoms. The summed E-state index contributed by atoms with van der Waals surface area (Å²) in [6, 6.07) is -9.06. The highest BCUT2D eigenvalue weighted by atomic mass is 16.4. The molecule has 2 heterocycles. The molecule has 9 atom stereocenters. The number of nitrogens with two attached hydrogens (primary N) is 7. The van der Waals surface area contributed by atoms with E-state index < -0.39 is 121 Å². The number of aliphatic hydroxyl groups is 2. The normalized spacial score (nSPS) is 17.3. The number of Topliss-reactive ketones (excluding diaryl/α,β-unsaturated/α-hetero) is 1. The van der Waals surface area contributed by atoms with E-state index in [0.29, 0.717) is 44.5 Å². The number of imidazole rings is 1. The smallest absolute Gasteiger partial charge is 0.331 e. The minimum atomic E-state index is -1.58. The molecule has 0 aliphatic carbocycles. The van der Waals surface area contributed by atoms with E-state index in [2.05, 4.69) is 46.9 Å². The van der Waals surface area contributed by atoms with E-state index in [9.17, 15) is 58.5 Å². The number of hydrogen-bond donors (Lipinski definition) is 17. The Morgan fingerprint density at radius 2 is 1.49 bits per heavy atom. The molecule has 1 saturated heterocycles. The lowest BCUT2D eigenvalue weighted by Gasteiger charge is -2.30. The first-order valence-electron chi connectivity index (χ1n) is 24.7. The van der Waals surface area contributed by atoms with Gasteiger partial charge in [-0.15, -0.1) is 0 Å². The molecule has 1 aliphatic rings. The van der Waals surface area contributed by atoms with Crippen molar-refractivity contribution >= 4 is 59.1 Å². The Labute approximate surface area is 429 Å². The number of carboxylic acid groups (broad SMARTS) is 1. The summed E-state index contributed by atoms with van der Waals surface area (Å²) in [7, 11) is 0. The van der Waals surface area contributed by atoms with Crippen molar-refractivity contribution in [1.82, 2.24) is 46.8 Å². The van der Waals surface area contributed by atoms with Crippen LogP contribution in [0.1, 0.15) is 89.7 Å². The standard InChI is InChI=1S/C45H79N17O12/c1-25(57-42(71)37(35(65)20-49)61-39(68)29(50)9-2-4-14-46)38(67)55-22-36(66)58-31(11-6-16-48)43(72)62-23-28(63)19-33(62)41(70)60-32(18-27-21-53-24-56-27)40(69)59-30(10-3-5-15-47)34(64)13-12-26(44(73)74)8-7-17-54-45(51)52/h8,21,24-25,28-33,35,37,63,65H,2-7,9-20,22-23,46-50H2,1H3,(H,53,56)(H,55,67)(H,57,71)(H,58,66)(H,59,69)(H,60,70)(H,61,68)(H,73,74)(H4,51,52,54)/b26-8+/t25-,28+,29-,30-,31+,32-,33-,35-,37-/m0/s1. The molecule has 416 valence electrons. The van der Waals surface area contributed by atoms with Gasteiger partial charge in [-0.25, -0.2) is 9.78 Å². The summed E-state index contributed by atoms with van der Waals surface area (Å²) in [5.41, 5.74) is 39.4. The number of ketones is 1. The molecular formula is C45H79N17O12. The molecule has 1 fully saturated rings. The molecule has 1 aromatic rings. The van der Waals surface area contributed by atoms with Crippen LogP contribution in [0.25, 0.3) is 0 Å². The number of unbranched alkanes of at least 4 members (excludes halogenated alkanes) is 2. The number of nitrogens with zero attached hydrogens (tertiary/aromatic N) is 3. The maximum atomic E-state index is 14.2. The van der Waals surface area contributed by atoms with Crippen molar-refractivity contribution in [3.05, 3.63) is 29.9 Å². The monoisotopic (exact) mass is 1050 g/mol. The van der Waals surface area contributed by atoms with E-state index in [0.717, 1.165) is 4.90 Å².